The maximum absolute atomic E-state index is 12.9. The van der Waals surface area contributed by atoms with Gasteiger partial charge in [-0.15, -0.1) is 0 Å². The Hall–Kier alpha value is -2.59. The van der Waals surface area contributed by atoms with Crippen LogP contribution in [-0.2, 0) is 0 Å². The Balaban J connectivity index is 1.62. The lowest BCUT2D eigenvalue weighted by Crippen LogP contribution is -2.35. The van der Waals surface area contributed by atoms with E-state index < -0.39 is 0 Å². The zero-order valence-corrected chi connectivity index (χ0v) is 17.2. The highest BCUT2D eigenvalue weighted by molar-refractivity contribution is 5.97. The van der Waals surface area contributed by atoms with Crippen molar-refractivity contribution < 1.29 is 9.53 Å². The first-order chi connectivity index (χ1) is 14.2. The van der Waals surface area contributed by atoms with Crippen LogP contribution in [0.2, 0.25) is 0 Å². The van der Waals surface area contributed by atoms with E-state index in [-0.39, 0.29) is 5.91 Å². The summed E-state index contributed by atoms with van der Waals surface area (Å²) in [7, 11) is 0. The number of amides is 1. The number of hydrogen-bond acceptors (Lipinski definition) is 3. The Bertz CT molecular complexity index is 976. The van der Waals surface area contributed by atoms with Crippen LogP contribution in [0.4, 0.5) is 0 Å². The molecular weight excluding hydrogens is 360 g/mol. The fourth-order valence-corrected chi connectivity index (χ4v) is 5.15. The number of carbonyl (C=O) groups excluding carboxylic acids is 1. The quantitative estimate of drug-likeness (QED) is 0.687. The molecule has 3 aliphatic rings. The Morgan fingerprint density at radius 3 is 2.41 bits per heavy atom. The van der Waals surface area contributed by atoms with Crippen molar-refractivity contribution >= 4 is 11.5 Å². The summed E-state index contributed by atoms with van der Waals surface area (Å²) in [6, 6.07) is 15.5. The number of nitrogens with zero attached hydrogens (tertiary/aromatic N) is 1. The number of ether oxygens (including phenoxy) is 1. The van der Waals surface area contributed by atoms with E-state index >= 15 is 0 Å². The summed E-state index contributed by atoms with van der Waals surface area (Å²) in [5.74, 6) is 1.75. The van der Waals surface area contributed by atoms with Crippen LogP contribution in [0.5, 0.6) is 11.5 Å². The second kappa shape index (κ2) is 7.34. The standard InChI is InChI=1S/C25H28N2O2/c1-3-27(4-2)25(28)16-9-12-21-23(15-16)29-22-8-6-5-7-20(22)24(21)17-13-18-10-11-19(14-17)26-18/h5-9,12,15,18-19,26H,3-4,10-11,13-14H2,1-2H3/t18-,19-/m0/s1. The number of hydrogen-bond donors (Lipinski definition) is 1. The van der Waals surface area contributed by atoms with Gasteiger partial charge in [0.15, 0.2) is 0 Å². The van der Waals surface area contributed by atoms with Crippen LogP contribution >= 0.6 is 0 Å². The van der Waals surface area contributed by atoms with E-state index in [1.54, 1.807) is 0 Å². The van der Waals surface area contributed by atoms with Gasteiger partial charge in [0.2, 0.25) is 0 Å². The first-order valence-corrected chi connectivity index (χ1v) is 10.9. The molecule has 1 N–H and O–H groups in total. The highest BCUT2D eigenvalue weighted by Gasteiger charge is 2.34. The molecule has 2 atom stereocenters. The largest absolute Gasteiger partial charge is 0.456 e. The van der Waals surface area contributed by atoms with Crippen LogP contribution in [0.15, 0.2) is 48.0 Å². The molecular formula is C25H28N2O2. The van der Waals surface area contributed by atoms with Gasteiger partial charge in [-0.25, -0.2) is 0 Å². The van der Waals surface area contributed by atoms with Crippen LogP contribution in [0.1, 0.15) is 61.0 Å². The number of fused-ring (bicyclic) bond motifs is 4. The van der Waals surface area contributed by atoms with Crippen LogP contribution in [-0.4, -0.2) is 36.0 Å². The zero-order chi connectivity index (χ0) is 20.0. The van der Waals surface area contributed by atoms with E-state index in [2.05, 4.69) is 23.5 Å². The lowest BCUT2D eigenvalue weighted by Gasteiger charge is -2.30. The summed E-state index contributed by atoms with van der Waals surface area (Å²) in [5.41, 5.74) is 5.84. The molecule has 2 aromatic rings. The summed E-state index contributed by atoms with van der Waals surface area (Å²) in [5, 5.41) is 3.74. The minimum atomic E-state index is 0.0642. The average Bonchev–Trinajstić information content (AvgIpc) is 3.09. The van der Waals surface area contributed by atoms with Crippen molar-refractivity contribution in [2.75, 3.05) is 13.1 Å². The molecule has 0 saturated carbocycles. The Morgan fingerprint density at radius 1 is 1.00 bits per heavy atom. The first-order valence-electron chi connectivity index (χ1n) is 10.9. The summed E-state index contributed by atoms with van der Waals surface area (Å²) in [4.78, 5) is 14.7. The third-order valence-corrected chi connectivity index (χ3v) is 6.60. The molecule has 3 aliphatic heterocycles. The monoisotopic (exact) mass is 388 g/mol. The van der Waals surface area contributed by atoms with Crippen LogP contribution in [0.25, 0.3) is 5.57 Å². The van der Waals surface area contributed by atoms with Gasteiger partial charge in [-0.3, -0.25) is 4.79 Å². The first kappa shape index (κ1) is 18.4. The smallest absolute Gasteiger partial charge is 0.253 e. The highest BCUT2D eigenvalue weighted by atomic mass is 16.5. The maximum Gasteiger partial charge on any atom is 0.253 e. The molecule has 0 aliphatic carbocycles. The van der Waals surface area contributed by atoms with Gasteiger partial charge in [-0.2, -0.15) is 0 Å². The van der Waals surface area contributed by atoms with Crippen molar-refractivity contribution in [1.29, 1.82) is 0 Å². The Labute approximate surface area is 172 Å². The number of para-hydroxylation sites is 1. The second-order valence-electron chi connectivity index (χ2n) is 8.31. The van der Waals surface area contributed by atoms with Crippen molar-refractivity contribution in [2.45, 2.75) is 51.6 Å². The molecule has 150 valence electrons. The highest BCUT2D eigenvalue weighted by Crippen LogP contribution is 2.48. The summed E-state index contributed by atoms with van der Waals surface area (Å²) < 4.78 is 6.29. The number of benzene rings is 2. The van der Waals surface area contributed by atoms with Gasteiger partial charge in [-0.05, 0) is 69.4 Å². The van der Waals surface area contributed by atoms with Crippen molar-refractivity contribution in [3.05, 3.63) is 64.7 Å². The topological polar surface area (TPSA) is 41.6 Å². The van der Waals surface area contributed by atoms with Crippen LogP contribution < -0.4 is 10.1 Å². The summed E-state index contributed by atoms with van der Waals surface area (Å²) in [6.45, 7) is 5.45. The number of nitrogens with one attached hydrogen (secondary N) is 1. The molecule has 29 heavy (non-hydrogen) atoms. The molecule has 2 fully saturated rings. The summed E-state index contributed by atoms with van der Waals surface area (Å²) >= 11 is 0. The van der Waals surface area contributed by atoms with E-state index in [4.69, 9.17) is 4.74 Å². The zero-order valence-electron chi connectivity index (χ0n) is 17.2. The van der Waals surface area contributed by atoms with Crippen LogP contribution in [0, 0.1) is 0 Å². The van der Waals surface area contributed by atoms with E-state index in [1.165, 1.54) is 29.6 Å². The molecule has 3 heterocycles. The van der Waals surface area contributed by atoms with Crippen molar-refractivity contribution in [3.63, 3.8) is 0 Å². The van der Waals surface area contributed by atoms with E-state index in [0.717, 1.165) is 29.9 Å². The second-order valence-corrected chi connectivity index (χ2v) is 8.31. The van der Waals surface area contributed by atoms with Gasteiger partial charge >= 0.3 is 0 Å². The predicted molar refractivity (Wildman–Crippen MR) is 115 cm³/mol. The third-order valence-electron chi connectivity index (χ3n) is 6.60. The molecule has 4 nitrogen and oxygen atoms in total. The molecule has 5 rings (SSSR count). The van der Waals surface area contributed by atoms with E-state index in [9.17, 15) is 4.79 Å². The molecule has 0 aromatic heterocycles. The van der Waals surface area contributed by atoms with Gasteiger partial charge in [0.05, 0.1) is 0 Å². The van der Waals surface area contributed by atoms with Crippen molar-refractivity contribution in [1.82, 2.24) is 10.2 Å². The number of carbonyl (C=O) groups is 1. The number of rotatable bonds is 3. The molecule has 2 saturated heterocycles. The van der Waals surface area contributed by atoms with Gasteiger partial charge in [0, 0.05) is 41.9 Å². The molecule has 4 heteroatoms. The number of piperidine rings is 1. The van der Waals surface area contributed by atoms with Gasteiger partial charge in [0.1, 0.15) is 11.5 Å². The van der Waals surface area contributed by atoms with Gasteiger partial charge in [-0.1, -0.05) is 23.8 Å². The fourth-order valence-electron chi connectivity index (χ4n) is 5.15. The minimum Gasteiger partial charge on any atom is -0.456 e. The average molecular weight is 389 g/mol. The molecule has 1 amide bonds. The molecule has 2 aromatic carbocycles. The van der Waals surface area contributed by atoms with E-state index in [0.29, 0.717) is 30.7 Å². The molecule has 2 bridgehead atoms. The SMILES string of the molecule is CCN(CC)C(=O)c1ccc2c(c1)Oc1ccccc1C2=C1C[C@@H]2CC[C@@H](C1)N2. The van der Waals surface area contributed by atoms with Crippen LogP contribution in [0.3, 0.4) is 0 Å². The third kappa shape index (κ3) is 3.16. The molecule has 0 radical (unpaired) electrons. The lowest BCUT2D eigenvalue weighted by atomic mass is 9.84. The maximum atomic E-state index is 12.9. The van der Waals surface area contributed by atoms with Crippen molar-refractivity contribution in [3.8, 4) is 11.5 Å². The van der Waals surface area contributed by atoms with E-state index in [1.807, 2.05) is 43.0 Å². The molecule has 0 spiro atoms. The minimum absolute atomic E-state index is 0.0642. The molecule has 0 unspecified atom stereocenters. The Morgan fingerprint density at radius 2 is 1.69 bits per heavy atom. The van der Waals surface area contributed by atoms with Gasteiger partial charge < -0.3 is 15.0 Å². The normalized spacial score (nSPS) is 22.0. The Kier molecular flexibility index (Phi) is 4.67. The lowest BCUT2D eigenvalue weighted by molar-refractivity contribution is 0.0772. The van der Waals surface area contributed by atoms with Gasteiger partial charge in [0.25, 0.3) is 5.91 Å². The predicted octanol–water partition coefficient (Wildman–Crippen LogP) is 4.99. The van der Waals surface area contributed by atoms with Crippen molar-refractivity contribution in [2.24, 2.45) is 0 Å². The summed E-state index contributed by atoms with van der Waals surface area (Å²) in [6.07, 6.45) is 4.73. The fraction of sp³-hybridized carbons (Fsp3) is 0.400.